The molecule has 2 aromatic carbocycles. The summed E-state index contributed by atoms with van der Waals surface area (Å²) in [7, 11) is 0. The normalized spacial score (nSPS) is 13.4. The molecule has 2 heterocycles. The van der Waals surface area contributed by atoms with Gasteiger partial charge in [-0.3, -0.25) is 0 Å². The molecule has 0 saturated carbocycles. The summed E-state index contributed by atoms with van der Waals surface area (Å²) in [5, 5.41) is 10.7. The van der Waals surface area contributed by atoms with Crippen molar-refractivity contribution in [1.29, 1.82) is 0 Å². The van der Waals surface area contributed by atoms with Crippen LogP contribution in [0.3, 0.4) is 0 Å². The quantitative estimate of drug-likeness (QED) is 0.563. The molecule has 2 N–H and O–H groups in total. The zero-order valence-electron chi connectivity index (χ0n) is 15.4. The number of furan rings is 1. The maximum Gasteiger partial charge on any atom is 0.274 e. The van der Waals surface area contributed by atoms with Gasteiger partial charge >= 0.3 is 0 Å². The molecular formula is C22H22N3O2+. The first-order valence-electron chi connectivity index (χ1n) is 9.04. The van der Waals surface area contributed by atoms with Crippen molar-refractivity contribution in [2.75, 3.05) is 0 Å². The van der Waals surface area contributed by atoms with Gasteiger partial charge in [0.05, 0.1) is 6.26 Å². The van der Waals surface area contributed by atoms with Crippen molar-refractivity contribution in [2.24, 2.45) is 0 Å². The van der Waals surface area contributed by atoms with Gasteiger partial charge in [0.1, 0.15) is 0 Å². The number of nitrogens with two attached hydrogens (primary N) is 1. The molecule has 0 spiro atoms. The minimum absolute atomic E-state index is 0.0190. The van der Waals surface area contributed by atoms with Crippen molar-refractivity contribution >= 4 is 0 Å². The zero-order valence-corrected chi connectivity index (χ0v) is 15.4. The van der Waals surface area contributed by atoms with Crippen LogP contribution in [0, 0.1) is 6.92 Å². The van der Waals surface area contributed by atoms with Gasteiger partial charge < -0.3 is 14.2 Å². The third-order valence-corrected chi connectivity index (χ3v) is 4.58. The Hall–Kier alpha value is -3.18. The van der Waals surface area contributed by atoms with E-state index in [0.717, 1.165) is 22.5 Å². The topological polar surface area (TPSA) is 68.7 Å². The number of hydrogen-bond donors (Lipinski definition) is 1. The molecule has 0 saturated heterocycles. The number of quaternary nitrogens is 1. The molecule has 2 aromatic heterocycles. The van der Waals surface area contributed by atoms with E-state index in [1.807, 2.05) is 61.5 Å². The van der Waals surface area contributed by atoms with Crippen LogP contribution in [-0.2, 0) is 0 Å². The molecule has 0 amide bonds. The highest BCUT2D eigenvalue weighted by Crippen LogP contribution is 2.23. The molecule has 136 valence electrons. The average Bonchev–Trinajstić information content (AvgIpc) is 3.39. The molecule has 0 fully saturated rings. The van der Waals surface area contributed by atoms with Crippen LogP contribution in [0.25, 0.3) is 11.5 Å². The molecule has 5 nitrogen and oxygen atoms in total. The molecule has 27 heavy (non-hydrogen) atoms. The first-order chi connectivity index (χ1) is 13.2. The molecule has 0 unspecified atom stereocenters. The fourth-order valence-corrected chi connectivity index (χ4v) is 3.18. The summed E-state index contributed by atoms with van der Waals surface area (Å²) >= 11 is 0. The lowest BCUT2D eigenvalue weighted by Crippen LogP contribution is -2.85. The average molecular weight is 360 g/mol. The highest BCUT2D eigenvalue weighted by Gasteiger charge is 2.26. The first-order valence-corrected chi connectivity index (χ1v) is 9.04. The van der Waals surface area contributed by atoms with Crippen molar-refractivity contribution in [1.82, 2.24) is 10.2 Å². The van der Waals surface area contributed by atoms with E-state index < -0.39 is 0 Å². The number of aryl methyl sites for hydroxylation is 1. The fourth-order valence-electron chi connectivity index (χ4n) is 3.18. The summed E-state index contributed by atoms with van der Waals surface area (Å²) in [5.74, 6) is 2.04. The summed E-state index contributed by atoms with van der Waals surface area (Å²) in [4.78, 5) is 0. The zero-order chi connectivity index (χ0) is 18.6. The predicted molar refractivity (Wildman–Crippen MR) is 102 cm³/mol. The Bertz CT molecular complexity index is 993. The smallest absolute Gasteiger partial charge is 0.274 e. The predicted octanol–water partition coefficient (Wildman–Crippen LogP) is 4.05. The maximum absolute atomic E-state index is 5.96. The Kier molecular flexibility index (Phi) is 4.85. The SMILES string of the molecule is Cc1cccc(-c2nnc([C@@H](C)[NH2+][C@H](c3ccccc3)c3ccco3)o2)c1. The Balaban J connectivity index is 1.58. The van der Waals surface area contributed by atoms with Gasteiger partial charge in [-0.05, 0) is 38.1 Å². The number of hydrogen-bond acceptors (Lipinski definition) is 4. The molecule has 4 aromatic rings. The van der Waals surface area contributed by atoms with E-state index in [2.05, 4.69) is 34.6 Å². The summed E-state index contributed by atoms with van der Waals surface area (Å²) in [5.41, 5.74) is 3.26. The molecule has 2 atom stereocenters. The van der Waals surface area contributed by atoms with Gasteiger partial charge in [0.2, 0.25) is 5.89 Å². The summed E-state index contributed by atoms with van der Waals surface area (Å²) in [6, 6.07) is 22.2. The standard InChI is InChI=1S/C22H21N3O2/c1-15-8-6-11-18(14-15)22-25-24-21(27-22)16(2)23-20(19-12-7-13-26-19)17-9-4-3-5-10-17/h3-14,16,20,23H,1-2H3/p+1/t16-,20-/m1/s1. The monoisotopic (exact) mass is 360 g/mol. The van der Waals surface area contributed by atoms with Crippen molar-refractivity contribution in [3.63, 3.8) is 0 Å². The molecule has 0 aliphatic rings. The van der Waals surface area contributed by atoms with E-state index in [1.54, 1.807) is 6.26 Å². The third kappa shape index (κ3) is 3.83. The lowest BCUT2D eigenvalue weighted by Gasteiger charge is -2.16. The van der Waals surface area contributed by atoms with Gasteiger partial charge in [-0.15, -0.1) is 10.2 Å². The van der Waals surface area contributed by atoms with Crippen LogP contribution in [0.5, 0.6) is 0 Å². The first kappa shape index (κ1) is 17.2. The minimum Gasteiger partial charge on any atom is -0.463 e. The van der Waals surface area contributed by atoms with Crippen LogP contribution < -0.4 is 5.32 Å². The second-order valence-corrected chi connectivity index (χ2v) is 6.70. The Labute approximate surface area is 158 Å². The lowest BCUT2D eigenvalue weighted by atomic mass is 10.0. The third-order valence-electron chi connectivity index (χ3n) is 4.58. The van der Waals surface area contributed by atoms with E-state index >= 15 is 0 Å². The number of benzene rings is 2. The Morgan fingerprint density at radius 2 is 1.78 bits per heavy atom. The van der Waals surface area contributed by atoms with Crippen molar-refractivity contribution < 1.29 is 14.2 Å². The lowest BCUT2D eigenvalue weighted by molar-refractivity contribution is -0.727. The molecule has 5 heteroatoms. The van der Waals surface area contributed by atoms with Gasteiger partial charge in [0.15, 0.2) is 17.8 Å². The van der Waals surface area contributed by atoms with Gasteiger partial charge in [-0.1, -0.05) is 48.0 Å². The van der Waals surface area contributed by atoms with Crippen LogP contribution in [0.2, 0.25) is 0 Å². The maximum atomic E-state index is 5.96. The molecule has 4 rings (SSSR count). The van der Waals surface area contributed by atoms with Crippen LogP contribution in [0.15, 0.2) is 81.8 Å². The van der Waals surface area contributed by atoms with Crippen LogP contribution in [0.4, 0.5) is 0 Å². The van der Waals surface area contributed by atoms with Gasteiger partial charge in [0, 0.05) is 11.1 Å². The molecular weight excluding hydrogens is 338 g/mol. The second kappa shape index (κ2) is 7.60. The summed E-state index contributed by atoms with van der Waals surface area (Å²) < 4.78 is 11.6. The largest absolute Gasteiger partial charge is 0.463 e. The summed E-state index contributed by atoms with van der Waals surface area (Å²) in [6.07, 6.45) is 1.70. The second-order valence-electron chi connectivity index (χ2n) is 6.70. The molecule has 0 bridgehead atoms. The van der Waals surface area contributed by atoms with Gasteiger partial charge in [-0.25, -0.2) is 0 Å². The van der Waals surface area contributed by atoms with Crippen LogP contribution >= 0.6 is 0 Å². The molecule has 0 aliphatic carbocycles. The van der Waals surface area contributed by atoms with E-state index in [-0.39, 0.29) is 12.1 Å². The van der Waals surface area contributed by atoms with Crippen molar-refractivity contribution in [2.45, 2.75) is 25.9 Å². The number of nitrogens with zero attached hydrogens (tertiary/aromatic N) is 2. The number of aromatic nitrogens is 2. The Morgan fingerprint density at radius 1 is 0.926 bits per heavy atom. The van der Waals surface area contributed by atoms with Crippen LogP contribution in [0.1, 0.15) is 41.8 Å². The van der Waals surface area contributed by atoms with Crippen LogP contribution in [-0.4, -0.2) is 10.2 Å². The highest BCUT2D eigenvalue weighted by molar-refractivity contribution is 5.53. The molecule has 0 aliphatic heterocycles. The Morgan fingerprint density at radius 3 is 2.52 bits per heavy atom. The minimum atomic E-state index is -0.0219. The number of rotatable bonds is 6. The van der Waals surface area contributed by atoms with E-state index in [0.29, 0.717) is 11.8 Å². The highest BCUT2D eigenvalue weighted by atomic mass is 16.4. The van der Waals surface area contributed by atoms with Crippen molar-refractivity contribution in [3.05, 3.63) is 95.8 Å². The fraction of sp³-hybridized carbons (Fsp3) is 0.182. The van der Waals surface area contributed by atoms with Gasteiger partial charge in [-0.2, -0.15) is 0 Å². The van der Waals surface area contributed by atoms with Gasteiger partial charge in [0.25, 0.3) is 5.89 Å². The van der Waals surface area contributed by atoms with Crippen molar-refractivity contribution in [3.8, 4) is 11.5 Å². The summed E-state index contributed by atoms with van der Waals surface area (Å²) in [6.45, 7) is 4.11. The van der Waals surface area contributed by atoms with E-state index in [9.17, 15) is 0 Å². The van der Waals surface area contributed by atoms with E-state index in [4.69, 9.17) is 8.83 Å². The van der Waals surface area contributed by atoms with E-state index in [1.165, 1.54) is 0 Å². The molecule has 0 radical (unpaired) electrons.